The molecule has 5 rings (SSSR count). The molecule has 14 atom stereocenters. The van der Waals surface area contributed by atoms with Gasteiger partial charge in [0.05, 0.1) is 12.2 Å². The summed E-state index contributed by atoms with van der Waals surface area (Å²) >= 11 is 0. The van der Waals surface area contributed by atoms with Gasteiger partial charge in [-0.05, 0) is 105 Å². The van der Waals surface area contributed by atoms with Crippen molar-refractivity contribution in [2.24, 2.45) is 40.4 Å². The molecule has 200 valence electrons. The molecule has 1 heterocycles. The summed E-state index contributed by atoms with van der Waals surface area (Å²) in [4.78, 5) is 11.4. The van der Waals surface area contributed by atoms with Crippen molar-refractivity contribution >= 4 is 5.97 Å². The number of fused-ring (bicyclic) bond motifs is 5. The fourth-order valence-corrected chi connectivity index (χ4v) is 9.53. The summed E-state index contributed by atoms with van der Waals surface area (Å²) in [5, 5.41) is 50.2. The third-order valence-corrected chi connectivity index (χ3v) is 11.4. The molecule has 4 saturated carbocycles. The Hall–Kier alpha value is -0.770. The maximum absolute atomic E-state index is 11.4. The molecule has 8 heteroatoms. The Balaban J connectivity index is 1.26. The smallest absolute Gasteiger partial charge is 0.335 e. The normalized spacial score (nSPS) is 54.9. The van der Waals surface area contributed by atoms with E-state index >= 15 is 0 Å². The Morgan fingerprint density at radius 1 is 0.914 bits per heavy atom. The number of aliphatic hydroxyl groups is 4. The van der Waals surface area contributed by atoms with Gasteiger partial charge in [-0.15, -0.1) is 0 Å². The lowest BCUT2D eigenvalue weighted by atomic mass is 9.44. The third kappa shape index (κ3) is 4.07. The molecule has 0 aromatic rings. The van der Waals surface area contributed by atoms with Crippen LogP contribution in [0.1, 0.15) is 78.6 Å². The molecule has 4 aliphatic carbocycles. The van der Waals surface area contributed by atoms with E-state index in [1.165, 1.54) is 25.7 Å². The highest BCUT2D eigenvalue weighted by atomic mass is 16.7. The molecule has 0 spiro atoms. The molecule has 0 radical (unpaired) electrons. The van der Waals surface area contributed by atoms with Gasteiger partial charge >= 0.3 is 5.97 Å². The van der Waals surface area contributed by atoms with Crippen molar-refractivity contribution in [1.82, 2.24) is 0 Å². The second kappa shape index (κ2) is 9.21. The minimum atomic E-state index is -1.70. The van der Waals surface area contributed by atoms with E-state index in [2.05, 4.69) is 13.8 Å². The second-order valence-corrected chi connectivity index (χ2v) is 12.9. The maximum Gasteiger partial charge on any atom is 0.335 e. The molecule has 0 bridgehead atoms. The van der Waals surface area contributed by atoms with Gasteiger partial charge in [-0.2, -0.15) is 0 Å². The topological polar surface area (TPSA) is 137 Å². The van der Waals surface area contributed by atoms with Crippen LogP contribution in [0, 0.1) is 40.4 Å². The van der Waals surface area contributed by atoms with Crippen LogP contribution < -0.4 is 0 Å². The molecular weight excluding hydrogens is 452 g/mol. The van der Waals surface area contributed by atoms with Crippen LogP contribution in [0.25, 0.3) is 0 Å². The lowest BCUT2D eigenvalue weighted by molar-refractivity contribution is -0.309. The quantitative estimate of drug-likeness (QED) is 0.374. The standard InChI is InChI=1S/C27H44O8/c1-13(28)17-6-7-18-16-5-4-14-12-15(8-10-26(14,2)19(16)9-11-27(17,18)3)34-25-22(31)20(29)21(30)23(35-25)24(32)33/h13-23,25,28-31H,4-12H2,1-3H3,(H,32,33)/t13-,14+,15+,16-,17-,18+,19-,20-,21-,22+,23-,25+,26-,27-/m0/s1. The molecule has 1 aliphatic heterocycles. The van der Waals surface area contributed by atoms with Crippen molar-refractivity contribution in [1.29, 1.82) is 0 Å². The van der Waals surface area contributed by atoms with E-state index < -0.39 is 36.7 Å². The summed E-state index contributed by atoms with van der Waals surface area (Å²) in [5.74, 6) is 1.60. The number of carboxylic acid groups (broad SMARTS) is 1. The van der Waals surface area contributed by atoms with Gasteiger partial charge in [-0.25, -0.2) is 4.79 Å². The van der Waals surface area contributed by atoms with Gasteiger partial charge in [0.2, 0.25) is 0 Å². The number of carboxylic acids is 1. The van der Waals surface area contributed by atoms with Crippen LogP contribution in [0.3, 0.4) is 0 Å². The summed E-state index contributed by atoms with van der Waals surface area (Å²) in [6.07, 6.45) is 1.63. The summed E-state index contributed by atoms with van der Waals surface area (Å²) in [7, 11) is 0. The summed E-state index contributed by atoms with van der Waals surface area (Å²) in [6.45, 7) is 6.86. The lowest BCUT2D eigenvalue weighted by Crippen LogP contribution is -2.61. The molecule has 0 aromatic carbocycles. The van der Waals surface area contributed by atoms with Gasteiger partial charge in [0.25, 0.3) is 0 Å². The Morgan fingerprint density at radius 2 is 1.60 bits per heavy atom. The Bertz CT molecular complexity index is 804. The molecule has 5 fully saturated rings. The van der Waals surface area contributed by atoms with E-state index in [-0.39, 0.29) is 23.0 Å². The maximum atomic E-state index is 11.4. The van der Waals surface area contributed by atoms with E-state index in [1.54, 1.807) is 0 Å². The van der Waals surface area contributed by atoms with Crippen molar-refractivity contribution in [3.63, 3.8) is 0 Å². The van der Waals surface area contributed by atoms with Crippen molar-refractivity contribution < 1.29 is 39.8 Å². The van der Waals surface area contributed by atoms with Gasteiger partial charge < -0.3 is 35.0 Å². The zero-order chi connectivity index (χ0) is 25.3. The van der Waals surface area contributed by atoms with Crippen LogP contribution >= 0.6 is 0 Å². The fourth-order valence-electron chi connectivity index (χ4n) is 9.53. The molecule has 1 saturated heterocycles. The number of ether oxygens (including phenoxy) is 2. The highest BCUT2D eigenvalue weighted by Gasteiger charge is 2.61. The second-order valence-electron chi connectivity index (χ2n) is 12.9. The van der Waals surface area contributed by atoms with Crippen LogP contribution in [0.2, 0.25) is 0 Å². The summed E-state index contributed by atoms with van der Waals surface area (Å²) in [5.41, 5.74) is 0.484. The summed E-state index contributed by atoms with van der Waals surface area (Å²) in [6, 6.07) is 0. The number of hydrogen-bond acceptors (Lipinski definition) is 7. The number of aliphatic carboxylic acids is 1. The molecule has 0 unspecified atom stereocenters. The number of hydrogen-bond donors (Lipinski definition) is 5. The van der Waals surface area contributed by atoms with Crippen LogP contribution in [-0.2, 0) is 14.3 Å². The molecule has 0 amide bonds. The average molecular weight is 497 g/mol. The van der Waals surface area contributed by atoms with Crippen LogP contribution in [0.4, 0.5) is 0 Å². The van der Waals surface area contributed by atoms with E-state index in [1.807, 2.05) is 6.92 Å². The van der Waals surface area contributed by atoms with Crippen molar-refractivity contribution in [3.05, 3.63) is 0 Å². The molecular formula is C27H44O8. The predicted octanol–water partition coefficient (Wildman–Crippen LogP) is 2.30. The van der Waals surface area contributed by atoms with Crippen molar-refractivity contribution in [2.45, 2.75) is 121 Å². The number of carbonyl (C=O) groups is 1. The lowest BCUT2D eigenvalue weighted by Gasteiger charge is -2.61. The summed E-state index contributed by atoms with van der Waals surface area (Å²) < 4.78 is 11.4. The first-order valence-electron chi connectivity index (χ1n) is 13.7. The third-order valence-electron chi connectivity index (χ3n) is 11.4. The van der Waals surface area contributed by atoms with E-state index in [4.69, 9.17) is 9.47 Å². The first kappa shape index (κ1) is 25.9. The molecule has 0 aromatic heterocycles. The van der Waals surface area contributed by atoms with Crippen LogP contribution in [0.15, 0.2) is 0 Å². The van der Waals surface area contributed by atoms with Crippen molar-refractivity contribution in [3.8, 4) is 0 Å². The number of rotatable bonds is 4. The SMILES string of the molecule is C[C@H](O)[C@@H]1CC[C@@H]2[C@@H]3CC[C@@H]4C[C@H](O[C@@H]5O[C@H](C(=O)O)[C@@H](O)[C@H](O)[C@H]5O)CC[C@]4(C)[C@H]3CC[C@]21C. The van der Waals surface area contributed by atoms with Crippen LogP contribution in [0.5, 0.6) is 0 Å². The van der Waals surface area contributed by atoms with E-state index in [0.29, 0.717) is 29.6 Å². The molecule has 35 heavy (non-hydrogen) atoms. The van der Waals surface area contributed by atoms with Gasteiger partial charge in [-0.3, -0.25) is 0 Å². The van der Waals surface area contributed by atoms with Gasteiger partial charge in [-0.1, -0.05) is 13.8 Å². The first-order valence-corrected chi connectivity index (χ1v) is 13.7. The van der Waals surface area contributed by atoms with Gasteiger partial charge in [0.15, 0.2) is 12.4 Å². The minimum Gasteiger partial charge on any atom is -0.479 e. The zero-order valence-electron chi connectivity index (χ0n) is 21.3. The van der Waals surface area contributed by atoms with E-state index in [9.17, 15) is 30.3 Å². The first-order chi connectivity index (χ1) is 16.5. The highest BCUT2D eigenvalue weighted by molar-refractivity contribution is 5.73. The minimum absolute atomic E-state index is 0.180. The van der Waals surface area contributed by atoms with Gasteiger partial charge in [0.1, 0.15) is 18.3 Å². The molecule has 5 aliphatic rings. The average Bonchev–Trinajstić information content (AvgIpc) is 3.17. The Kier molecular flexibility index (Phi) is 6.80. The monoisotopic (exact) mass is 496 g/mol. The predicted molar refractivity (Wildman–Crippen MR) is 126 cm³/mol. The zero-order valence-corrected chi connectivity index (χ0v) is 21.3. The highest BCUT2D eigenvalue weighted by Crippen LogP contribution is 2.67. The number of aliphatic hydroxyl groups excluding tert-OH is 4. The van der Waals surface area contributed by atoms with Crippen LogP contribution in [-0.4, -0.2) is 74.4 Å². The molecule has 8 nitrogen and oxygen atoms in total. The Morgan fingerprint density at radius 3 is 2.29 bits per heavy atom. The van der Waals surface area contributed by atoms with Crippen molar-refractivity contribution in [2.75, 3.05) is 0 Å². The largest absolute Gasteiger partial charge is 0.479 e. The molecule has 5 N–H and O–H groups in total. The Labute approximate surface area is 208 Å². The van der Waals surface area contributed by atoms with Gasteiger partial charge in [0, 0.05) is 0 Å². The fraction of sp³-hybridized carbons (Fsp3) is 0.963. The van der Waals surface area contributed by atoms with E-state index in [0.717, 1.165) is 32.1 Å².